The first-order valence-corrected chi connectivity index (χ1v) is 7.53. The lowest BCUT2D eigenvalue weighted by Gasteiger charge is -2.19. The van der Waals surface area contributed by atoms with Crippen molar-refractivity contribution < 1.29 is 14.0 Å². The van der Waals surface area contributed by atoms with Crippen LogP contribution >= 0.6 is 11.6 Å². The minimum Gasteiger partial charge on any atom is -0.332 e. The summed E-state index contributed by atoms with van der Waals surface area (Å²) in [6, 6.07) is 4.03. The summed E-state index contributed by atoms with van der Waals surface area (Å²) >= 11 is 6.01. The normalized spacial score (nSPS) is 11.0. The molecule has 128 valence electrons. The van der Waals surface area contributed by atoms with Crippen molar-refractivity contribution in [2.24, 2.45) is 7.05 Å². The monoisotopic (exact) mass is 354 g/mol. The summed E-state index contributed by atoms with van der Waals surface area (Å²) in [5.74, 6) is -1.80. The highest BCUT2D eigenvalue weighted by Crippen LogP contribution is 2.32. The zero-order valence-electron chi connectivity index (χ0n) is 13.6. The molecule has 0 saturated carbocycles. The van der Waals surface area contributed by atoms with Crippen molar-refractivity contribution in [2.45, 2.75) is 26.7 Å². The number of halogens is 2. The molecule has 2 aromatic rings. The topological polar surface area (TPSA) is 70.3 Å². The van der Waals surface area contributed by atoms with Crippen LogP contribution in [0.3, 0.4) is 0 Å². The minimum absolute atomic E-state index is 0.0119. The second kappa shape index (κ2) is 6.60. The van der Waals surface area contributed by atoms with Crippen LogP contribution in [-0.4, -0.2) is 15.3 Å². The Kier molecular flexibility index (Phi) is 4.94. The molecule has 1 aromatic carbocycles. The van der Waals surface area contributed by atoms with Crippen LogP contribution in [0.15, 0.2) is 27.8 Å². The summed E-state index contributed by atoms with van der Waals surface area (Å²) in [6.45, 7) is 4.56. The first-order chi connectivity index (χ1) is 11.2. The second-order valence-electron chi connectivity index (χ2n) is 5.54. The molecule has 0 atom stereocenters. The van der Waals surface area contributed by atoms with Gasteiger partial charge < -0.3 is 4.84 Å². The maximum Gasteiger partial charge on any atom is 0.364 e. The fourth-order valence-electron chi connectivity index (χ4n) is 2.39. The molecule has 8 heteroatoms. The van der Waals surface area contributed by atoms with E-state index < -0.39 is 23.0 Å². The van der Waals surface area contributed by atoms with Crippen molar-refractivity contribution in [3.8, 4) is 11.1 Å². The Balaban J connectivity index is 3.02. The van der Waals surface area contributed by atoms with Gasteiger partial charge in [0.2, 0.25) is 0 Å². The number of carbonyl (C=O) groups is 1. The van der Waals surface area contributed by atoms with E-state index in [-0.39, 0.29) is 27.8 Å². The number of hydrogen-bond acceptors (Lipinski definition) is 4. The average Bonchev–Trinajstić information content (AvgIpc) is 2.50. The van der Waals surface area contributed by atoms with E-state index in [1.54, 1.807) is 13.8 Å². The predicted octanol–water partition coefficient (Wildman–Crippen LogP) is 2.10. The number of hydrogen-bond donors (Lipinski definition) is 0. The molecular weight excluding hydrogens is 339 g/mol. The van der Waals surface area contributed by atoms with E-state index in [2.05, 4.69) is 0 Å². The van der Waals surface area contributed by atoms with Gasteiger partial charge in [0.05, 0.1) is 16.3 Å². The molecule has 2 rings (SSSR count). The molecule has 0 saturated heterocycles. The van der Waals surface area contributed by atoms with Crippen LogP contribution in [0.2, 0.25) is 5.02 Å². The molecule has 6 nitrogen and oxygen atoms in total. The molecule has 0 aliphatic rings. The molecule has 0 spiro atoms. The average molecular weight is 355 g/mol. The number of carbonyl (C=O) groups excluding carboxylic acids is 1. The van der Waals surface area contributed by atoms with Gasteiger partial charge in [-0.3, -0.25) is 9.36 Å². The number of aromatic nitrogens is 2. The molecule has 0 aliphatic carbocycles. The molecule has 0 aliphatic heterocycles. The van der Waals surface area contributed by atoms with Crippen molar-refractivity contribution in [3.63, 3.8) is 0 Å². The van der Waals surface area contributed by atoms with E-state index in [1.807, 2.05) is 0 Å². The molecule has 0 bridgehead atoms. The standard InChI is InChI=1S/C16H16ClFN2O4/c1-8(2)14-12(10-6-5-7-11(18)13(10)17)15(22)19(4)16(23)20(14)24-9(3)21/h5-8H,1-4H3. The Labute approximate surface area is 142 Å². The highest BCUT2D eigenvalue weighted by molar-refractivity contribution is 6.33. The Bertz CT molecular complexity index is 931. The van der Waals surface area contributed by atoms with Crippen LogP contribution < -0.4 is 16.1 Å². The van der Waals surface area contributed by atoms with Crippen LogP contribution in [0.25, 0.3) is 11.1 Å². The van der Waals surface area contributed by atoms with Gasteiger partial charge in [-0.25, -0.2) is 14.0 Å². The smallest absolute Gasteiger partial charge is 0.332 e. The van der Waals surface area contributed by atoms with Crippen molar-refractivity contribution in [2.75, 3.05) is 0 Å². The summed E-state index contributed by atoms with van der Waals surface area (Å²) in [5.41, 5.74) is -1.18. The molecule has 1 heterocycles. The van der Waals surface area contributed by atoms with Crippen LogP contribution in [-0.2, 0) is 11.8 Å². The zero-order valence-corrected chi connectivity index (χ0v) is 14.3. The first kappa shape index (κ1) is 17.9. The van der Waals surface area contributed by atoms with Gasteiger partial charge in [0.25, 0.3) is 5.56 Å². The van der Waals surface area contributed by atoms with E-state index in [1.165, 1.54) is 19.2 Å². The van der Waals surface area contributed by atoms with Crippen molar-refractivity contribution >= 4 is 17.6 Å². The van der Waals surface area contributed by atoms with Gasteiger partial charge in [-0.05, 0) is 12.0 Å². The molecule has 0 N–H and O–H groups in total. The van der Waals surface area contributed by atoms with Gasteiger partial charge in [0.1, 0.15) is 5.82 Å². The molecular formula is C16H16ClFN2O4. The third-order valence-electron chi connectivity index (χ3n) is 3.44. The van der Waals surface area contributed by atoms with E-state index in [4.69, 9.17) is 16.4 Å². The van der Waals surface area contributed by atoms with Gasteiger partial charge in [-0.2, -0.15) is 0 Å². The first-order valence-electron chi connectivity index (χ1n) is 7.16. The van der Waals surface area contributed by atoms with Gasteiger partial charge in [0.15, 0.2) is 0 Å². The lowest BCUT2D eigenvalue weighted by molar-refractivity contribution is -0.142. The Morgan fingerprint density at radius 2 is 1.92 bits per heavy atom. The molecule has 0 radical (unpaired) electrons. The van der Waals surface area contributed by atoms with E-state index in [0.717, 1.165) is 22.3 Å². The third-order valence-corrected chi connectivity index (χ3v) is 3.83. The summed E-state index contributed by atoms with van der Waals surface area (Å²) in [5, 5.41) is -0.246. The highest BCUT2D eigenvalue weighted by atomic mass is 35.5. The molecule has 24 heavy (non-hydrogen) atoms. The summed E-state index contributed by atoms with van der Waals surface area (Å²) in [4.78, 5) is 41.3. The molecule has 0 unspecified atom stereocenters. The van der Waals surface area contributed by atoms with Crippen molar-refractivity contribution in [3.05, 3.63) is 55.6 Å². The zero-order chi connectivity index (χ0) is 18.2. The quantitative estimate of drug-likeness (QED) is 0.846. The van der Waals surface area contributed by atoms with Gasteiger partial charge in [0, 0.05) is 19.5 Å². The lowest BCUT2D eigenvalue weighted by atomic mass is 9.98. The van der Waals surface area contributed by atoms with Crippen molar-refractivity contribution in [1.29, 1.82) is 0 Å². The maximum absolute atomic E-state index is 13.8. The molecule has 0 amide bonds. The maximum atomic E-state index is 13.8. The number of nitrogens with zero attached hydrogens (tertiary/aromatic N) is 2. The predicted molar refractivity (Wildman–Crippen MR) is 87.7 cm³/mol. The van der Waals surface area contributed by atoms with Crippen LogP contribution in [0.4, 0.5) is 4.39 Å². The Morgan fingerprint density at radius 3 is 2.46 bits per heavy atom. The fraction of sp³-hybridized carbons (Fsp3) is 0.312. The fourth-order valence-corrected chi connectivity index (χ4v) is 2.62. The number of rotatable bonds is 3. The van der Waals surface area contributed by atoms with Gasteiger partial charge in [-0.15, -0.1) is 4.73 Å². The van der Waals surface area contributed by atoms with Crippen LogP contribution in [0.5, 0.6) is 0 Å². The third kappa shape index (κ3) is 2.99. The van der Waals surface area contributed by atoms with E-state index >= 15 is 0 Å². The van der Waals surface area contributed by atoms with E-state index in [9.17, 15) is 18.8 Å². The summed E-state index contributed by atoms with van der Waals surface area (Å²) < 4.78 is 15.4. The largest absolute Gasteiger partial charge is 0.364 e. The number of benzene rings is 1. The molecule has 1 aromatic heterocycles. The summed E-state index contributed by atoms with van der Waals surface area (Å²) in [6.07, 6.45) is 0. The lowest BCUT2D eigenvalue weighted by Crippen LogP contribution is -2.44. The van der Waals surface area contributed by atoms with Crippen LogP contribution in [0, 0.1) is 5.82 Å². The van der Waals surface area contributed by atoms with Crippen molar-refractivity contribution in [1.82, 2.24) is 9.30 Å². The summed E-state index contributed by atoms with van der Waals surface area (Å²) in [7, 11) is 1.24. The van der Waals surface area contributed by atoms with E-state index in [0.29, 0.717) is 0 Å². The highest BCUT2D eigenvalue weighted by Gasteiger charge is 2.25. The minimum atomic E-state index is -0.810. The van der Waals surface area contributed by atoms with Gasteiger partial charge >= 0.3 is 11.7 Å². The Hall–Kier alpha value is -2.41. The SMILES string of the molecule is CC(=O)On1c(C(C)C)c(-c2cccc(F)c2Cl)c(=O)n(C)c1=O. The molecule has 0 fully saturated rings. The van der Waals surface area contributed by atoms with Gasteiger partial charge in [-0.1, -0.05) is 37.6 Å². The second-order valence-corrected chi connectivity index (χ2v) is 5.92. The van der Waals surface area contributed by atoms with Crippen LogP contribution in [0.1, 0.15) is 32.4 Å². The Morgan fingerprint density at radius 1 is 1.29 bits per heavy atom.